The van der Waals surface area contributed by atoms with E-state index in [0.29, 0.717) is 42.7 Å². The number of aromatic nitrogens is 2. The Balaban J connectivity index is 1.38. The zero-order valence-electron chi connectivity index (χ0n) is 16.7. The second kappa shape index (κ2) is 8.94. The highest BCUT2D eigenvalue weighted by molar-refractivity contribution is 5.89. The predicted molar refractivity (Wildman–Crippen MR) is 109 cm³/mol. The molecule has 1 saturated heterocycles. The number of amides is 2. The summed E-state index contributed by atoms with van der Waals surface area (Å²) in [5.41, 5.74) is 1.58. The van der Waals surface area contributed by atoms with E-state index in [0.717, 1.165) is 18.4 Å². The van der Waals surface area contributed by atoms with Crippen LogP contribution in [0.3, 0.4) is 0 Å². The smallest absolute Gasteiger partial charge is 0.321 e. The van der Waals surface area contributed by atoms with Gasteiger partial charge in [-0.2, -0.15) is 0 Å². The summed E-state index contributed by atoms with van der Waals surface area (Å²) in [4.78, 5) is 14.5. The lowest BCUT2D eigenvalue weighted by molar-refractivity contribution is 0.186. The molecular formula is C22H23FN4O3. The molecule has 1 fully saturated rings. The van der Waals surface area contributed by atoms with Gasteiger partial charge in [0.2, 0.25) is 11.8 Å². The molecule has 156 valence electrons. The summed E-state index contributed by atoms with van der Waals surface area (Å²) in [7, 11) is 1.59. The van der Waals surface area contributed by atoms with Gasteiger partial charge in [-0.05, 0) is 42.7 Å². The van der Waals surface area contributed by atoms with Crippen molar-refractivity contribution in [2.45, 2.75) is 25.2 Å². The van der Waals surface area contributed by atoms with Gasteiger partial charge in [0.1, 0.15) is 11.6 Å². The number of nitrogens with zero attached hydrogens (tertiary/aromatic N) is 3. The van der Waals surface area contributed by atoms with Crippen molar-refractivity contribution in [1.29, 1.82) is 0 Å². The average Bonchev–Trinajstić information content (AvgIpc) is 3.24. The van der Waals surface area contributed by atoms with Crippen molar-refractivity contribution in [2.75, 3.05) is 25.5 Å². The molecule has 0 aliphatic carbocycles. The zero-order chi connectivity index (χ0) is 20.9. The number of nitrogens with one attached hydrogen (secondary N) is 1. The number of hydrogen-bond acceptors (Lipinski definition) is 5. The SMILES string of the molecule is COc1cccc(NC(=O)N2CCC[C@@H](c3nnc(Cc4ccc(F)cc4)o3)C2)c1. The molecule has 1 atom stereocenters. The summed E-state index contributed by atoms with van der Waals surface area (Å²) in [6, 6.07) is 13.3. The second-order valence-electron chi connectivity index (χ2n) is 7.28. The number of rotatable bonds is 5. The van der Waals surface area contributed by atoms with Crippen molar-refractivity contribution >= 4 is 11.7 Å². The van der Waals surface area contributed by atoms with Crippen molar-refractivity contribution in [3.8, 4) is 5.75 Å². The van der Waals surface area contributed by atoms with Gasteiger partial charge in [0.15, 0.2) is 0 Å². The number of urea groups is 1. The summed E-state index contributed by atoms with van der Waals surface area (Å²) >= 11 is 0. The summed E-state index contributed by atoms with van der Waals surface area (Å²) in [5.74, 6) is 1.41. The molecule has 4 rings (SSSR count). The molecule has 1 N–H and O–H groups in total. The zero-order valence-corrected chi connectivity index (χ0v) is 16.7. The van der Waals surface area contributed by atoms with Crippen molar-refractivity contribution in [3.05, 3.63) is 71.7 Å². The molecule has 2 heterocycles. The third kappa shape index (κ3) is 4.76. The molecule has 2 aromatic carbocycles. The van der Waals surface area contributed by atoms with Crippen LogP contribution < -0.4 is 10.1 Å². The van der Waals surface area contributed by atoms with Crippen molar-refractivity contribution in [3.63, 3.8) is 0 Å². The molecule has 1 aliphatic rings. The van der Waals surface area contributed by atoms with E-state index in [9.17, 15) is 9.18 Å². The lowest BCUT2D eigenvalue weighted by Crippen LogP contribution is -2.41. The van der Waals surface area contributed by atoms with Gasteiger partial charge in [-0.1, -0.05) is 18.2 Å². The van der Waals surface area contributed by atoms with Crippen LogP contribution in [0, 0.1) is 5.82 Å². The van der Waals surface area contributed by atoms with Gasteiger partial charge in [0.25, 0.3) is 0 Å². The predicted octanol–water partition coefficient (Wildman–Crippen LogP) is 4.22. The maximum absolute atomic E-state index is 13.1. The molecule has 0 bridgehead atoms. The Labute approximate surface area is 173 Å². The minimum Gasteiger partial charge on any atom is -0.497 e. The molecule has 3 aromatic rings. The highest BCUT2D eigenvalue weighted by atomic mass is 19.1. The molecule has 0 saturated carbocycles. The molecule has 0 radical (unpaired) electrons. The minimum absolute atomic E-state index is 0.00993. The van der Waals surface area contributed by atoms with E-state index in [-0.39, 0.29) is 17.8 Å². The molecule has 8 heteroatoms. The first-order chi connectivity index (χ1) is 14.6. The Bertz CT molecular complexity index is 1010. The van der Waals surface area contributed by atoms with E-state index in [4.69, 9.17) is 9.15 Å². The molecule has 0 spiro atoms. The number of anilines is 1. The molecule has 0 unspecified atom stereocenters. The van der Waals surface area contributed by atoms with Crippen LogP contribution in [0.4, 0.5) is 14.9 Å². The lowest BCUT2D eigenvalue weighted by Gasteiger charge is -2.31. The monoisotopic (exact) mass is 410 g/mol. The summed E-state index contributed by atoms with van der Waals surface area (Å²) in [6.07, 6.45) is 2.17. The first-order valence-corrected chi connectivity index (χ1v) is 9.87. The highest BCUT2D eigenvalue weighted by Crippen LogP contribution is 2.27. The van der Waals surface area contributed by atoms with Gasteiger partial charge in [0, 0.05) is 24.8 Å². The van der Waals surface area contributed by atoms with Crippen LogP contribution in [-0.2, 0) is 6.42 Å². The third-order valence-corrected chi connectivity index (χ3v) is 5.13. The number of likely N-dealkylation sites (tertiary alicyclic amines) is 1. The average molecular weight is 410 g/mol. The first kappa shape index (κ1) is 19.9. The Morgan fingerprint density at radius 2 is 2.10 bits per heavy atom. The normalized spacial score (nSPS) is 16.3. The largest absolute Gasteiger partial charge is 0.497 e. The maximum Gasteiger partial charge on any atom is 0.321 e. The second-order valence-corrected chi connectivity index (χ2v) is 7.28. The number of benzene rings is 2. The Hall–Kier alpha value is -3.42. The number of hydrogen-bond donors (Lipinski definition) is 1. The van der Waals surface area contributed by atoms with E-state index in [1.807, 2.05) is 18.2 Å². The Morgan fingerprint density at radius 1 is 1.27 bits per heavy atom. The van der Waals surface area contributed by atoms with Crippen LogP contribution in [-0.4, -0.2) is 41.3 Å². The van der Waals surface area contributed by atoms with Gasteiger partial charge >= 0.3 is 6.03 Å². The Kier molecular flexibility index (Phi) is 5.92. The summed E-state index contributed by atoms with van der Waals surface area (Å²) in [6.45, 7) is 1.18. The summed E-state index contributed by atoms with van der Waals surface area (Å²) < 4.78 is 24.1. The van der Waals surface area contributed by atoms with Crippen LogP contribution in [0.15, 0.2) is 52.9 Å². The van der Waals surface area contributed by atoms with Crippen LogP contribution in [0.5, 0.6) is 5.75 Å². The van der Waals surface area contributed by atoms with E-state index in [1.54, 1.807) is 30.2 Å². The molecule has 1 aromatic heterocycles. The fraction of sp³-hybridized carbons (Fsp3) is 0.318. The standard InChI is InChI=1S/C22H23FN4O3/c1-29-19-6-2-5-18(13-19)24-22(28)27-11-3-4-16(14-27)21-26-25-20(30-21)12-15-7-9-17(23)10-8-15/h2,5-10,13,16H,3-4,11-12,14H2,1H3,(H,24,28)/t16-/m1/s1. The van der Waals surface area contributed by atoms with Crippen LogP contribution in [0.2, 0.25) is 0 Å². The van der Waals surface area contributed by atoms with E-state index in [2.05, 4.69) is 15.5 Å². The fourth-order valence-corrected chi connectivity index (χ4v) is 3.55. The number of ether oxygens (including phenoxy) is 1. The van der Waals surface area contributed by atoms with Gasteiger partial charge in [-0.3, -0.25) is 0 Å². The fourth-order valence-electron chi connectivity index (χ4n) is 3.55. The van der Waals surface area contributed by atoms with E-state index < -0.39 is 0 Å². The van der Waals surface area contributed by atoms with Gasteiger partial charge in [-0.25, -0.2) is 9.18 Å². The topological polar surface area (TPSA) is 80.5 Å². The lowest BCUT2D eigenvalue weighted by atomic mass is 9.98. The van der Waals surface area contributed by atoms with Gasteiger partial charge < -0.3 is 19.4 Å². The van der Waals surface area contributed by atoms with Gasteiger partial charge in [-0.15, -0.1) is 10.2 Å². The number of methoxy groups -OCH3 is 1. The van der Waals surface area contributed by atoms with E-state index >= 15 is 0 Å². The quantitative estimate of drug-likeness (QED) is 0.681. The minimum atomic E-state index is -0.278. The third-order valence-electron chi connectivity index (χ3n) is 5.13. The molecule has 30 heavy (non-hydrogen) atoms. The van der Waals surface area contributed by atoms with Crippen LogP contribution >= 0.6 is 0 Å². The van der Waals surface area contributed by atoms with Crippen LogP contribution in [0.25, 0.3) is 0 Å². The van der Waals surface area contributed by atoms with Crippen molar-refractivity contribution in [2.24, 2.45) is 0 Å². The highest BCUT2D eigenvalue weighted by Gasteiger charge is 2.28. The molecular weight excluding hydrogens is 387 g/mol. The first-order valence-electron chi connectivity index (χ1n) is 9.87. The number of piperidine rings is 1. The number of carbonyl (C=O) groups excluding carboxylic acids is 1. The molecule has 2 amide bonds. The van der Waals surface area contributed by atoms with Crippen molar-refractivity contribution in [1.82, 2.24) is 15.1 Å². The maximum atomic E-state index is 13.1. The van der Waals surface area contributed by atoms with Crippen LogP contribution in [0.1, 0.15) is 36.1 Å². The van der Waals surface area contributed by atoms with Crippen molar-refractivity contribution < 1.29 is 18.3 Å². The van der Waals surface area contributed by atoms with Gasteiger partial charge in [0.05, 0.1) is 19.4 Å². The summed E-state index contributed by atoms with van der Waals surface area (Å²) in [5, 5.41) is 11.2. The number of carbonyl (C=O) groups is 1. The molecule has 1 aliphatic heterocycles. The number of halogens is 1. The molecule has 7 nitrogen and oxygen atoms in total. The van der Waals surface area contributed by atoms with E-state index in [1.165, 1.54) is 12.1 Å². The Morgan fingerprint density at radius 3 is 2.90 bits per heavy atom.